The number of para-hydroxylation sites is 1. The van der Waals surface area contributed by atoms with Gasteiger partial charge in [-0.2, -0.15) is 0 Å². The second-order valence-electron chi connectivity index (χ2n) is 7.70. The van der Waals surface area contributed by atoms with Crippen LogP contribution in [0.5, 0.6) is 0 Å². The first-order chi connectivity index (χ1) is 15.0. The molecule has 6 heteroatoms. The van der Waals surface area contributed by atoms with Gasteiger partial charge in [0, 0.05) is 17.7 Å². The predicted octanol–water partition coefficient (Wildman–Crippen LogP) is 4.40. The van der Waals surface area contributed by atoms with Crippen molar-refractivity contribution in [2.24, 2.45) is 0 Å². The predicted molar refractivity (Wildman–Crippen MR) is 125 cm³/mol. The van der Waals surface area contributed by atoms with Crippen LogP contribution in [0.25, 0.3) is 5.57 Å². The molecule has 2 aromatic carbocycles. The number of hydrogen-bond acceptors (Lipinski definition) is 3. The average Bonchev–Trinajstić information content (AvgIpc) is 2.80. The van der Waals surface area contributed by atoms with Crippen molar-refractivity contribution in [3.63, 3.8) is 0 Å². The van der Waals surface area contributed by atoms with Crippen molar-refractivity contribution in [1.29, 1.82) is 0 Å². The van der Waals surface area contributed by atoms with Gasteiger partial charge in [-0.25, -0.2) is 8.42 Å². The first kappa shape index (κ1) is 21.1. The molecule has 0 fully saturated rings. The molecule has 1 aliphatic heterocycles. The number of allylic oxidation sites excluding steroid dienone is 1. The highest BCUT2D eigenvalue weighted by molar-refractivity contribution is 7.97. The van der Waals surface area contributed by atoms with Gasteiger partial charge >= 0.3 is 0 Å². The van der Waals surface area contributed by atoms with Crippen molar-refractivity contribution < 1.29 is 13.2 Å². The van der Waals surface area contributed by atoms with Gasteiger partial charge in [-0.05, 0) is 37.3 Å². The van der Waals surface area contributed by atoms with E-state index in [1.165, 1.54) is 10.4 Å². The highest BCUT2D eigenvalue weighted by atomic mass is 32.2. The highest BCUT2D eigenvalue weighted by Crippen LogP contribution is 2.42. The Balaban J connectivity index is 1.87. The summed E-state index contributed by atoms with van der Waals surface area (Å²) in [6, 6.07) is 16.5. The van der Waals surface area contributed by atoms with E-state index < -0.39 is 15.9 Å². The fourth-order valence-corrected chi connectivity index (χ4v) is 5.90. The van der Waals surface area contributed by atoms with E-state index in [9.17, 15) is 13.2 Å². The van der Waals surface area contributed by atoms with Crippen molar-refractivity contribution in [1.82, 2.24) is 5.32 Å². The van der Waals surface area contributed by atoms with E-state index in [1.807, 2.05) is 42.5 Å². The van der Waals surface area contributed by atoms with E-state index in [0.29, 0.717) is 28.9 Å². The Morgan fingerprint density at radius 1 is 1.06 bits per heavy atom. The Labute approximate surface area is 183 Å². The van der Waals surface area contributed by atoms with E-state index in [4.69, 9.17) is 0 Å². The van der Waals surface area contributed by atoms with Crippen LogP contribution in [0.3, 0.4) is 0 Å². The van der Waals surface area contributed by atoms with Crippen LogP contribution in [0.4, 0.5) is 5.69 Å². The zero-order valence-electron chi connectivity index (χ0n) is 17.4. The summed E-state index contributed by atoms with van der Waals surface area (Å²) in [7, 11) is -4.08. The lowest BCUT2D eigenvalue weighted by Crippen LogP contribution is -2.42. The largest absolute Gasteiger partial charge is 0.348 e. The molecule has 160 valence electrons. The van der Waals surface area contributed by atoms with Crippen LogP contribution in [0.2, 0.25) is 0 Å². The molecule has 0 atom stereocenters. The van der Waals surface area contributed by atoms with Crippen LogP contribution in [0, 0.1) is 0 Å². The number of rotatable bonds is 6. The van der Waals surface area contributed by atoms with Crippen molar-refractivity contribution in [3.05, 3.63) is 94.9 Å². The number of amides is 1. The Morgan fingerprint density at radius 2 is 1.81 bits per heavy atom. The molecule has 2 aliphatic rings. The lowest BCUT2D eigenvalue weighted by molar-refractivity contribution is -0.116. The molecule has 0 aromatic heterocycles. The minimum atomic E-state index is -4.08. The van der Waals surface area contributed by atoms with Gasteiger partial charge in [0.1, 0.15) is 0 Å². The molecule has 1 heterocycles. The molecule has 0 radical (unpaired) electrons. The molecular formula is C25H26N2O3S. The number of sulfonamides is 1. The lowest BCUT2D eigenvalue weighted by Gasteiger charge is -2.33. The average molecular weight is 435 g/mol. The monoisotopic (exact) mass is 434 g/mol. The number of nitrogens with zero attached hydrogens (tertiary/aromatic N) is 1. The summed E-state index contributed by atoms with van der Waals surface area (Å²) in [4.78, 5) is 13.2. The molecule has 0 spiro atoms. The second-order valence-corrected chi connectivity index (χ2v) is 9.50. The molecule has 4 rings (SSSR count). The van der Waals surface area contributed by atoms with Gasteiger partial charge < -0.3 is 5.32 Å². The Kier molecular flexibility index (Phi) is 6.09. The minimum absolute atomic E-state index is 0.0867. The normalized spacial score (nSPS) is 17.5. The van der Waals surface area contributed by atoms with Gasteiger partial charge in [-0.15, -0.1) is 6.58 Å². The maximum atomic E-state index is 13.7. The zero-order valence-corrected chi connectivity index (χ0v) is 18.2. The molecule has 1 aliphatic carbocycles. The number of fused-ring (bicyclic) bond motifs is 1. The van der Waals surface area contributed by atoms with Gasteiger partial charge in [-0.1, -0.05) is 66.3 Å². The van der Waals surface area contributed by atoms with Gasteiger partial charge in [0.05, 0.1) is 12.2 Å². The number of nitrogens with one attached hydrogen (secondary N) is 1. The molecule has 5 nitrogen and oxygen atoms in total. The van der Waals surface area contributed by atoms with E-state index >= 15 is 0 Å². The van der Waals surface area contributed by atoms with Crippen molar-refractivity contribution >= 4 is 27.2 Å². The fourth-order valence-electron chi connectivity index (χ4n) is 4.17. The highest BCUT2D eigenvalue weighted by Gasteiger charge is 2.40. The Morgan fingerprint density at radius 3 is 2.52 bits per heavy atom. The van der Waals surface area contributed by atoms with Crippen molar-refractivity contribution in [2.75, 3.05) is 17.4 Å². The smallest absolute Gasteiger partial charge is 0.270 e. The van der Waals surface area contributed by atoms with E-state index in [-0.39, 0.29) is 11.4 Å². The summed E-state index contributed by atoms with van der Waals surface area (Å²) in [6.07, 6.45) is 7.86. The quantitative estimate of drug-likeness (QED) is 0.686. The van der Waals surface area contributed by atoms with Crippen molar-refractivity contribution in [2.45, 2.75) is 25.7 Å². The Hall–Kier alpha value is -3.12. The van der Waals surface area contributed by atoms with Gasteiger partial charge in [0.25, 0.3) is 15.9 Å². The minimum Gasteiger partial charge on any atom is -0.348 e. The molecule has 1 N–H and O–H groups in total. The molecule has 1 amide bonds. The summed E-state index contributed by atoms with van der Waals surface area (Å²) in [5.74, 6) is -0.575. The van der Waals surface area contributed by atoms with Crippen LogP contribution in [-0.4, -0.2) is 27.4 Å². The molecular weight excluding hydrogens is 408 g/mol. The third-order valence-corrected chi connectivity index (χ3v) is 7.47. The summed E-state index contributed by atoms with van der Waals surface area (Å²) in [6.45, 7) is 4.16. The number of anilines is 1. The van der Waals surface area contributed by atoms with Crippen LogP contribution >= 0.6 is 0 Å². The SMILES string of the molecule is C=CCN1c2ccccc2C(c2ccccc2)=C(C(=O)NCC2=CCCCC2)S1(=O)=O. The number of benzene rings is 2. The molecule has 0 bridgehead atoms. The number of carbonyl (C=O) groups is 1. The molecule has 2 aromatic rings. The molecule has 0 saturated heterocycles. The standard InChI is InChI=1S/C25H26N2O3S/c1-2-17-27-22-16-10-9-15-21(22)23(20-13-7-4-8-14-20)24(31(27,29)30)25(28)26-18-19-11-5-3-6-12-19/h2,4,7-11,13-16H,1,3,5-6,12,17-18H2,(H,26,28). The maximum absolute atomic E-state index is 13.7. The summed E-state index contributed by atoms with van der Waals surface area (Å²) < 4.78 is 28.6. The van der Waals surface area contributed by atoms with Crippen LogP contribution in [0.15, 0.2) is 83.8 Å². The molecule has 0 unspecified atom stereocenters. The summed E-state index contributed by atoms with van der Waals surface area (Å²) in [5, 5.41) is 2.87. The molecule has 31 heavy (non-hydrogen) atoms. The third kappa shape index (κ3) is 4.08. The topological polar surface area (TPSA) is 66.5 Å². The fraction of sp³-hybridized carbons (Fsp3) is 0.240. The van der Waals surface area contributed by atoms with E-state index in [2.05, 4.69) is 18.0 Å². The number of carbonyl (C=O) groups excluding carboxylic acids is 1. The van der Waals surface area contributed by atoms with E-state index in [0.717, 1.165) is 31.3 Å². The van der Waals surface area contributed by atoms with Crippen LogP contribution in [0.1, 0.15) is 36.8 Å². The third-order valence-electron chi connectivity index (χ3n) is 5.64. The maximum Gasteiger partial charge on any atom is 0.270 e. The number of hydrogen-bond donors (Lipinski definition) is 1. The van der Waals surface area contributed by atoms with Crippen molar-refractivity contribution in [3.8, 4) is 0 Å². The van der Waals surface area contributed by atoms with E-state index in [1.54, 1.807) is 12.1 Å². The Bertz CT molecular complexity index is 1160. The second kappa shape index (κ2) is 8.94. The van der Waals surface area contributed by atoms with Gasteiger partial charge in [-0.3, -0.25) is 9.10 Å². The summed E-state index contributed by atoms with van der Waals surface area (Å²) in [5.41, 5.74) is 3.55. The first-order valence-electron chi connectivity index (χ1n) is 10.5. The lowest BCUT2D eigenvalue weighted by atomic mass is 9.95. The van der Waals surface area contributed by atoms with Crippen LogP contribution in [-0.2, 0) is 14.8 Å². The zero-order chi connectivity index (χ0) is 21.8. The van der Waals surface area contributed by atoms with Crippen LogP contribution < -0.4 is 9.62 Å². The van der Waals surface area contributed by atoms with Gasteiger partial charge in [0.2, 0.25) is 0 Å². The summed E-state index contributed by atoms with van der Waals surface area (Å²) >= 11 is 0. The van der Waals surface area contributed by atoms with Gasteiger partial charge in [0.15, 0.2) is 4.91 Å². The first-order valence-corrected chi connectivity index (χ1v) is 12.0. The molecule has 0 saturated carbocycles.